The number of hydrogen-bond donors (Lipinski definition) is 3. The summed E-state index contributed by atoms with van der Waals surface area (Å²) in [6, 6.07) is 1.51. The molecule has 0 aliphatic carbocycles. The fourth-order valence-corrected chi connectivity index (χ4v) is 1.27. The van der Waals surface area contributed by atoms with Gasteiger partial charge in [-0.2, -0.15) is 13.2 Å². The van der Waals surface area contributed by atoms with Crippen molar-refractivity contribution >= 4 is 17.6 Å². The van der Waals surface area contributed by atoms with E-state index in [1.54, 1.807) is 0 Å². The van der Waals surface area contributed by atoms with Gasteiger partial charge in [-0.3, -0.25) is 9.59 Å². The van der Waals surface area contributed by atoms with Gasteiger partial charge in [-0.25, -0.2) is 4.98 Å². The standard InChI is InChI=1S/C11H13F3N4O2/c1-10(2,9(16)20)18-8-5(7(15)19)3-4-6(17-8)11(12,13)14/h3-4H,1-2H3,(H2,15,19)(H2,16,20)(H,17,18). The predicted octanol–water partition coefficient (Wildman–Crippen LogP) is 0.875. The highest BCUT2D eigenvalue weighted by molar-refractivity contribution is 5.98. The molecule has 0 atom stereocenters. The lowest BCUT2D eigenvalue weighted by Gasteiger charge is -2.24. The van der Waals surface area contributed by atoms with Crippen molar-refractivity contribution in [1.29, 1.82) is 0 Å². The normalized spacial score (nSPS) is 12.1. The molecule has 0 aliphatic heterocycles. The van der Waals surface area contributed by atoms with Gasteiger partial charge in [0.25, 0.3) is 5.91 Å². The van der Waals surface area contributed by atoms with Crippen molar-refractivity contribution in [2.45, 2.75) is 25.6 Å². The van der Waals surface area contributed by atoms with Gasteiger partial charge >= 0.3 is 6.18 Å². The Kier molecular flexibility index (Phi) is 3.92. The summed E-state index contributed by atoms with van der Waals surface area (Å²) in [5.41, 5.74) is 7.26. The second-order valence-electron chi connectivity index (χ2n) is 4.57. The van der Waals surface area contributed by atoms with Crippen LogP contribution < -0.4 is 16.8 Å². The number of carbonyl (C=O) groups is 2. The second kappa shape index (κ2) is 4.99. The summed E-state index contributed by atoms with van der Waals surface area (Å²) in [6.07, 6.45) is -4.69. The molecule has 0 aliphatic rings. The summed E-state index contributed by atoms with van der Waals surface area (Å²) in [5.74, 6) is -2.25. The van der Waals surface area contributed by atoms with Gasteiger partial charge in [-0.15, -0.1) is 0 Å². The first-order valence-electron chi connectivity index (χ1n) is 5.41. The molecule has 20 heavy (non-hydrogen) atoms. The van der Waals surface area contributed by atoms with E-state index in [1.165, 1.54) is 13.8 Å². The predicted molar refractivity (Wildman–Crippen MR) is 64.7 cm³/mol. The number of primary amides is 2. The minimum Gasteiger partial charge on any atom is -0.368 e. The third-order valence-electron chi connectivity index (χ3n) is 2.50. The van der Waals surface area contributed by atoms with Crippen LogP contribution >= 0.6 is 0 Å². The molecule has 1 aromatic rings. The van der Waals surface area contributed by atoms with Crippen molar-refractivity contribution in [3.05, 3.63) is 23.4 Å². The van der Waals surface area contributed by atoms with Crippen LogP contribution in [0.3, 0.4) is 0 Å². The van der Waals surface area contributed by atoms with Crippen LogP contribution in [0.5, 0.6) is 0 Å². The number of nitrogens with zero attached hydrogens (tertiary/aromatic N) is 1. The highest BCUT2D eigenvalue weighted by Gasteiger charge is 2.34. The molecule has 0 radical (unpaired) electrons. The van der Waals surface area contributed by atoms with Gasteiger partial charge in [-0.05, 0) is 26.0 Å². The van der Waals surface area contributed by atoms with Crippen LogP contribution in [-0.4, -0.2) is 22.3 Å². The maximum absolute atomic E-state index is 12.6. The smallest absolute Gasteiger partial charge is 0.368 e. The van der Waals surface area contributed by atoms with Crippen LogP contribution in [0.1, 0.15) is 29.9 Å². The number of nitrogens with two attached hydrogens (primary N) is 2. The van der Waals surface area contributed by atoms with E-state index in [1.807, 2.05) is 0 Å². The van der Waals surface area contributed by atoms with E-state index in [4.69, 9.17) is 11.5 Å². The van der Waals surface area contributed by atoms with Gasteiger partial charge in [-0.1, -0.05) is 0 Å². The van der Waals surface area contributed by atoms with Crippen LogP contribution in [0, 0.1) is 0 Å². The van der Waals surface area contributed by atoms with E-state index in [-0.39, 0.29) is 5.56 Å². The summed E-state index contributed by atoms with van der Waals surface area (Å²) in [5, 5.41) is 2.39. The monoisotopic (exact) mass is 290 g/mol. The zero-order chi connectivity index (χ0) is 15.7. The second-order valence-corrected chi connectivity index (χ2v) is 4.57. The molecule has 1 heterocycles. The molecule has 0 saturated carbocycles. The molecule has 1 aromatic heterocycles. The molecule has 0 saturated heterocycles. The van der Waals surface area contributed by atoms with Crippen LogP contribution in [0.4, 0.5) is 19.0 Å². The maximum Gasteiger partial charge on any atom is 0.433 e. The van der Waals surface area contributed by atoms with E-state index >= 15 is 0 Å². The number of pyridine rings is 1. The van der Waals surface area contributed by atoms with Crippen LogP contribution in [0.25, 0.3) is 0 Å². The number of nitrogens with one attached hydrogen (secondary N) is 1. The van der Waals surface area contributed by atoms with Gasteiger partial charge in [0, 0.05) is 0 Å². The van der Waals surface area contributed by atoms with E-state index in [9.17, 15) is 22.8 Å². The first kappa shape index (κ1) is 15.7. The third kappa shape index (κ3) is 3.37. The summed E-state index contributed by atoms with van der Waals surface area (Å²) >= 11 is 0. The van der Waals surface area contributed by atoms with Crippen molar-refractivity contribution in [2.75, 3.05) is 5.32 Å². The minimum atomic E-state index is -4.69. The molecule has 9 heteroatoms. The SMILES string of the molecule is CC(C)(Nc1nc(C(F)(F)F)ccc1C(N)=O)C(N)=O. The van der Waals surface area contributed by atoms with Gasteiger partial charge in [0.05, 0.1) is 5.56 Å². The summed E-state index contributed by atoms with van der Waals surface area (Å²) in [6.45, 7) is 2.67. The number of hydrogen-bond acceptors (Lipinski definition) is 4. The number of aromatic nitrogens is 1. The lowest BCUT2D eigenvalue weighted by molar-refractivity contribution is -0.141. The Labute approximate surface area is 112 Å². The molecule has 0 bridgehead atoms. The number of rotatable bonds is 4. The third-order valence-corrected chi connectivity index (χ3v) is 2.50. The molecule has 1 rings (SSSR count). The highest BCUT2D eigenvalue weighted by Crippen LogP contribution is 2.30. The zero-order valence-corrected chi connectivity index (χ0v) is 10.7. The van der Waals surface area contributed by atoms with Gasteiger partial charge in [0.15, 0.2) is 0 Å². The van der Waals surface area contributed by atoms with Crippen molar-refractivity contribution in [1.82, 2.24) is 4.98 Å². The topological polar surface area (TPSA) is 111 Å². The summed E-state index contributed by atoms with van der Waals surface area (Å²) in [4.78, 5) is 25.7. The Bertz CT molecular complexity index is 555. The average Bonchev–Trinajstić information content (AvgIpc) is 2.26. The average molecular weight is 290 g/mol. The van der Waals surface area contributed by atoms with E-state index in [2.05, 4.69) is 10.3 Å². The van der Waals surface area contributed by atoms with E-state index < -0.39 is 35.0 Å². The molecular weight excluding hydrogens is 277 g/mol. The Morgan fingerprint density at radius 3 is 2.15 bits per heavy atom. The summed E-state index contributed by atoms with van der Waals surface area (Å²) < 4.78 is 37.8. The van der Waals surface area contributed by atoms with E-state index in [0.29, 0.717) is 6.07 Å². The molecule has 0 unspecified atom stereocenters. The lowest BCUT2D eigenvalue weighted by Crippen LogP contribution is -2.45. The number of amides is 2. The Morgan fingerprint density at radius 2 is 1.75 bits per heavy atom. The van der Waals surface area contributed by atoms with E-state index in [0.717, 1.165) is 6.07 Å². The van der Waals surface area contributed by atoms with Crippen molar-refractivity contribution in [2.24, 2.45) is 11.5 Å². The number of halogens is 3. The molecule has 110 valence electrons. The number of carbonyl (C=O) groups excluding carboxylic acids is 2. The van der Waals surface area contributed by atoms with Crippen LogP contribution in [0.2, 0.25) is 0 Å². The first-order valence-corrected chi connectivity index (χ1v) is 5.41. The van der Waals surface area contributed by atoms with Gasteiger partial charge < -0.3 is 16.8 Å². The van der Waals surface area contributed by atoms with Gasteiger partial charge in [0.2, 0.25) is 5.91 Å². The van der Waals surface area contributed by atoms with Crippen molar-refractivity contribution < 1.29 is 22.8 Å². The van der Waals surface area contributed by atoms with Crippen molar-refractivity contribution in [3.8, 4) is 0 Å². The molecule has 0 spiro atoms. The molecule has 0 fully saturated rings. The first-order chi connectivity index (χ1) is 8.95. The Morgan fingerprint density at radius 1 is 1.20 bits per heavy atom. The lowest BCUT2D eigenvalue weighted by atomic mass is 10.0. The highest BCUT2D eigenvalue weighted by atomic mass is 19.4. The largest absolute Gasteiger partial charge is 0.433 e. The summed E-state index contributed by atoms with van der Waals surface area (Å²) in [7, 11) is 0. The van der Waals surface area contributed by atoms with Crippen LogP contribution in [0.15, 0.2) is 12.1 Å². The number of alkyl halides is 3. The molecule has 0 aromatic carbocycles. The quantitative estimate of drug-likeness (QED) is 0.764. The molecular formula is C11H13F3N4O2. The maximum atomic E-state index is 12.6. The molecule has 5 N–H and O–H groups in total. The minimum absolute atomic E-state index is 0.271. The fraction of sp³-hybridized carbons (Fsp3) is 0.364. The Hall–Kier alpha value is -2.32. The fourth-order valence-electron chi connectivity index (χ4n) is 1.27. The van der Waals surface area contributed by atoms with Gasteiger partial charge in [0.1, 0.15) is 17.1 Å². The molecule has 2 amide bonds. The number of anilines is 1. The molecule has 6 nitrogen and oxygen atoms in total. The van der Waals surface area contributed by atoms with Crippen molar-refractivity contribution in [3.63, 3.8) is 0 Å². The zero-order valence-electron chi connectivity index (χ0n) is 10.7. The van der Waals surface area contributed by atoms with Crippen LogP contribution in [-0.2, 0) is 11.0 Å². The Balaban J connectivity index is 3.34.